The van der Waals surface area contributed by atoms with Gasteiger partial charge >= 0.3 is 5.97 Å². The average Bonchev–Trinajstić information content (AvgIpc) is 2.76. The zero-order chi connectivity index (χ0) is 21.8. The fraction of sp³-hybridized carbons (Fsp3) is 0.0800. The number of benzene rings is 3. The van der Waals surface area contributed by atoms with E-state index in [1.807, 2.05) is 6.07 Å². The van der Waals surface area contributed by atoms with Crippen molar-refractivity contribution in [2.45, 2.75) is 13.0 Å². The number of hydrogen-bond donors (Lipinski definition) is 1. The maximum Gasteiger partial charge on any atom is 0.335 e. The molecular weight excluding hydrogens is 395 g/mol. The van der Waals surface area contributed by atoms with E-state index in [1.54, 1.807) is 36.4 Å². The van der Waals surface area contributed by atoms with Crippen LogP contribution in [-0.2, 0) is 13.0 Å². The second-order valence-electron chi connectivity index (χ2n) is 7.02. The van der Waals surface area contributed by atoms with Gasteiger partial charge in [-0.1, -0.05) is 36.1 Å². The molecule has 4 rings (SSSR count). The molecule has 4 aromatic rings. The van der Waals surface area contributed by atoms with Crippen molar-refractivity contribution < 1.29 is 14.3 Å². The highest BCUT2D eigenvalue weighted by atomic mass is 19.1. The van der Waals surface area contributed by atoms with Crippen molar-refractivity contribution in [3.63, 3.8) is 0 Å². The van der Waals surface area contributed by atoms with E-state index in [0.717, 1.165) is 11.1 Å². The van der Waals surface area contributed by atoms with Crippen LogP contribution in [-0.4, -0.2) is 20.6 Å². The quantitative estimate of drug-likeness (QED) is 0.517. The van der Waals surface area contributed by atoms with Crippen LogP contribution in [0, 0.1) is 17.7 Å². The minimum absolute atomic E-state index is 0.189. The number of carboxylic acid groups (broad SMARTS) is 1. The molecule has 0 saturated heterocycles. The number of carbonyl (C=O) groups is 1. The standard InChI is InChI=1S/C25H17FN2O3/c26-21-6-2-5-17(13-21)3-1-4-18-9-12-23-22(14-18)24(29)28(16-27-23)15-19-7-10-20(11-8-19)25(30)31/h2,5-14,16H,3,15H2,(H,30,31). The smallest absolute Gasteiger partial charge is 0.335 e. The van der Waals surface area contributed by atoms with Crippen LogP contribution < -0.4 is 5.56 Å². The van der Waals surface area contributed by atoms with E-state index < -0.39 is 5.97 Å². The minimum atomic E-state index is -0.998. The molecule has 31 heavy (non-hydrogen) atoms. The predicted octanol–water partition coefficient (Wildman–Crippen LogP) is 3.88. The first kappa shape index (κ1) is 20.0. The summed E-state index contributed by atoms with van der Waals surface area (Å²) in [5, 5.41) is 9.45. The Hall–Kier alpha value is -4.24. The highest BCUT2D eigenvalue weighted by Gasteiger charge is 2.07. The van der Waals surface area contributed by atoms with Gasteiger partial charge in [-0.2, -0.15) is 0 Å². The lowest BCUT2D eigenvalue weighted by atomic mass is 10.1. The normalized spacial score (nSPS) is 10.5. The lowest BCUT2D eigenvalue weighted by Gasteiger charge is -2.07. The maximum absolute atomic E-state index is 13.3. The lowest BCUT2D eigenvalue weighted by molar-refractivity contribution is 0.0697. The van der Waals surface area contributed by atoms with Gasteiger partial charge in [-0.25, -0.2) is 14.2 Å². The van der Waals surface area contributed by atoms with Gasteiger partial charge in [0.05, 0.1) is 29.3 Å². The van der Waals surface area contributed by atoms with Gasteiger partial charge in [0, 0.05) is 12.0 Å². The molecule has 0 fully saturated rings. The van der Waals surface area contributed by atoms with Crippen LogP contribution in [0.4, 0.5) is 4.39 Å². The van der Waals surface area contributed by atoms with Crippen molar-refractivity contribution in [2.24, 2.45) is 0 Å². The molecule has 0 saturated carbocycles. The number of carboxylic acids is 1. The van der Waals surface area contributed by atoms with Crippen molar-refractivity contribution in [2.75, 3.05) is 0 Å². The fourth-order valence-corrected chi connectivity index (χ4v) is 3.19. The summed E-state index contributed by atoms with van der Waals surface area (Å²) in [4.78, 5) is 28.3. The monoisotopic (exact) mass is 412 g/mol. The second-order valence-corrected chi connectivity index (χ2v) is 7.02. The molecule has 152 valence electrons. The Morgan fingerprint density at radius 2 is 1.84 bits per heavy atom. The van der Waals surface area contributed by atoms with E-state index in [-0.39, 0.29) is 23.5 Å². The van der Waals surface area contributed by atoms with E-state index in [1.165, 1.54) is 35.2 Å². The third-order valence-corrected chi connectivity index (χ3v) is 4.79. The van der Waals surface area contributed by atoms with Crippen LogP contribution in [0.2, 0.25) is 0 Å². The Morgan fingerprint density at radius 3 is 2.58 bits per heavy atom. The summed E-state index contributed by atoms with van der Waals surface area (Å²) in [6.07, 6.45) is 1.88. The van der Waals surface area contributed by atoms with Crippen molar-refractivity contribution in [1.29, 1.82) is 0 Å². The summed E-state index contributed by atoms with van der Waals surface area (Å²) in [5.41, 5.74) is 2.80. The van der Waals surface area contributed by atoms with Gasteiger partial charge in [0.1, 0.15) is 5.82 Å². The third-order valence-electron chi connectivity index (χ3n) is 4.79. The van der Waals surface area contributed by atoms with Gasteiger partial charge in [0.15, 0.2) is 0 Å². The van der Waals surface area contributed by atoms with Crippen molar-refractivity contribution in [1.82, 2.24) is 9.55 Å². The average molecular weight is 412 g/mol. The molecule has 6 heteroatoms. The number of aromatic nitrogens is 2. The van der Waals surface area contributed by atoms with Crippen LogP contribution in [0.3, 0.4) is 0 Å². The van der Waals surface area contributed by atoms with Crippen LogP contribution in [0.5, 0.6) is 0 Å². The van der Waals surface area contributed by atoms with E-state index >= 15 is 0 Å². The number of rotatable bonds is 4. The first-order valence-electron chi connectivity index (χ1n) is 9.54. The second kappa shape index (κ2) is 8.64. The molecule has 0 atom stereocenters. The van der Waals surface area contributed by atoms with Crippen molar-refractivity contribution in [3.05, 3.63) is 111 Å². The molecule has 0 aliphatic carbocycles. The fourth-order valence-electron chi connectivity index (χ4n) is 3.19. The molecule has 1 N–H and O–H groups in total. The third kappa shape index (κ3) is 4.68. The van der Waals surface area contributed by atoms with Gasteiger partial charge < -0.3 is 5.11 Å². The van der Waals surface area contributed by atoms with Crippen LogP contribution >= 0.6 is 0 Å². The Labute approximate surface area is 177 Å². The first-order chi connectivity index (χ1) is 15.0. The molecule has 0 radical (unpaired) electrons. The number of nitrogens with zero attached hydrogens (tertiary/aromatic N) is 2. The van der Waals surface area contributed by atoms with Crippen molar-refractivity contribution >= 4 is 16.9 Å². The predicted molar refractivity (Wildman–Crippen MR) is 115 cm³/mol. The molecule has 1 heterocycles. The van der Waals surface area contributed by atoms with Crippen LogP contribution in [0.1, 0.15) is 27.0 Å². The maximum atomic E-state index is 13.3. The highest BCUT2D eigenvalue weighted by Crippen LogP contribution is 2.11. The Kier molecular flexibility index (Phi) is 5.59. The molecule has 0 aliphatic rings. The molecule has 3 aromatic carbocycles. The summed E-state index contributed by atoms with van der Waals surface area (Å²) in [5.74, 6) is 4.72. The van der Waals surface area contributed by atoms with E-state index in [4.69, 9.17) is 5.11 Å². The SMILES string of the molecule is O=C(O)c1ccc(Cn2cnc3ccc(C#CCc4cccc(F)c4)cc3c2=O)cc1. The topological polar surface area (TPSA) is 72.2 Å². The van der Waals surface area contributed by atoms with E-state index in [9.17, 15) is 14.0 Å². The van der Waals surface area contributed by atoms with Gasteiger partial charge in [0.2, 0.25) is 0 Å². The number of fused-ring (bicyclic) bond motifs is 1. The van der Waals surface area contributed by atoms with Crippen LogP contribution in [0.15, 0.2) is 77.9 Å². The van der Waals surface area contributed by atoms with Crippen molar-refractivity contribution in [3.8, 4) is 11.8 Å². The van der Waals surface area contributed by atoms with Gasteiger partial charge in [-0.05, 0) is 53.6 Å². The molecule has 0 aliphatic heterocycles. The molecular formula is C25H17FN2O3. The Balaban J connectivity index is 1.59. The first-order valence-corrected chi connectivity index (χ1v) is 9.54. The van der Waals surface area contributed by atoms with Gasteiger partial charge in [-0.3, -0.25) is 9.36 Å². The van der Waals surface area contributed by atoms with Gasteiger partial charge in [-0.15, -0.1) is 0 Å². The largest absolute Gasteiger partial charge is 0.478 e. The Bertz CT molecular complexity index is 1400. The summed E-state index contributed by atoms with van der Waals surface area (Å²) in [6.45, 7) is 0.275. The van der Waals surface area contributed by atoms with E-state index in [2.05, 4.69) is 16.8 Å². The summed E-state index contributed by atoms with van der Waals surface area (Å²) < 4.78 is 14.7. The number of halogens is 1. The zero-order valence-corrected chi connectivity index (χ0v) is 16.4. The zero-order valence-electron chi connectivity index (χ0n) is 16.4. The minimum Gasteiger partial charge on any atom is -0.478 e. The molecule has 0 amide bonds. The van der Waals surface area contributed by atoms with Crippen LogP contribution in [0.25, 0.3) is 10.9 Å². The summed E-state index contributed by atoms with van der Waals surface area (Å²) in [6, 6.07) is 17.9. The van der Waals surface area contributed by atoms with E-state index in [0.29, 0.717) is 22.9 Å². The van der Waals surface area contributed by atoms with Gasteiger partial charge in [0.25, 0.3) is 5.56 Å². The molecule has 0 bridgehead atoms. The Morgan fingerprint density at radius 1 is 1.03 bits per heavy atom. The molecule has 0 spiro atoms. The molecule has 0 unspecified atom stereocenters. The number of aromatic carboxylic acids is 1. The molecule has 5 nitrogen and oxygen atoms in total. The summed E-state index contributed by atoms with van der Waals surface area (Å²) >= 11 is 0. The molecule has 1 aromatic heterocycles. The summed E-state index contributed by atoms with van der Waals surface area (Å²) in [7, 11) is 0. The highest BCUT2D eigenvalue weighted by molar-refractivity contribution is 5.87. The number of hydrogen-bond acceptors (Lipinski definition) is 3. The lowest BCUT2D eigenvalue weighted by Crippen LogP contribution is -2.21.